The summed E-state index contributed by atoms with van der Waals surface area (Å²) in [5, 5.41) is 7.28. The highest BCUT2D eigenvalue weighted by Gasteiger charge is 2.06. The number of nitrogens with zero attached hydrogens (tertiary/aromatic N) is 1. The summed E-state index contributed by atoms with van der Waals surface area (Å²) < 4.78 is 0. The Bertz CT molecular complexity index is 135. The zero-order valence-electron chi connectivity index (χ0n) is 7.26. The monoisotopic (exact) mass is 156 g/mol. The van der Waals surface area contributed by atoms with E-state index in [2.05, 4.69) is 10.5 Å². The van der Waals surface area contributed by atoms with E-state index >= 15 is 0 Å². The first kappa shape index (κ1) is 8.53. The summed E-state index contributed by atoms with van der Waals surface area (Å²) in [4.78, 5) is 5.13. The van der Waals surface area contributed by atoms with Gasteiger partial charge in [0.25, 0.3) is 0 Å². The van der Waals surface area contributed by atoms with Crippen LogP contribution in [0.3, 0.4) is 0 Å². The van der Waals surface area contributed by atoms with E-state index in [-0.39, 0.29) is 6.10 Å². The zero-order valence-corrected chi connectivity index (χ0v) is 7.26. The van der Waals surface area contributed by atoms with Crippen LogP contribution in [0.4, 0.5) is 0 Å². The minimum absolute atomic E-state index is 0.199. The normalized spacial score (nSPS) is 22.6. The van der Waals surface area contributed by atoms with Gasteiger partial charge in [-0.15, -0.1) is 0 Å². The third-order valence-corrected chi connectivity index (χ3v) is 1.54. The molecule has 64 valence electrons. The number of rotatable bonds is 2. The lowest BCUT2D eigenvalue weighted by atomic mass is 10.1. The van der Waals surface area contributed by atoms with E-state index in [1.54, 1.807) is 0 Å². The molecule has 3 nitrogen and oxygen atoms in total. The van der Waals surface area contributed by atoms with Crippen LogP contribution in [-0.4, -0.2) is 24.9 Å². The molecule has 0 saturated carbocycles. The molecule has 0 spiro atoms. The van der Waals surface area contributed by atoms with Crippen molar-refractivity contribution >= 4 is 5.71 Å². The molecule has 11 heavy (non-hydrogen) atoms. The molecule has 1 N–H and O–H groups in total. The first-order valence-electron chi connectivity index (χ1n) is 4.21. The predicted octanol–water partition coefficient (Wildman–Crippen LogP) is 1.15. The Morgan fingerprint density at radius 3 is 2.91 bits per heavy atom. The lowest BCUT2D eigenvalue weighted by Crippen LogP contribution is -2.30. The van der Waals surface area contributed by atoms with E-state index in [1.165, 1.54) is 6.42 Å². The number of hydrogen-bond acceptors (Lipinski definition) is 3. The van der Waals surface area contributed by atoms with Crippen LogP contribution < -0.4 is 5.32 Å². The third-order valence-electron chi connectivity index (χ3n) is 1.54. The topological polar surface area (TPSA) is 33.6 Å². The van der Waals surface area contributed by atoms with E-state index < -0.39 is 0 Å². The average molecular weight is 156 g/mol. The van der Waals surface area contributed by atoms with Crippen LogP contribution in [0.2, 0.25) is 0 Å². The number of hydrogen-bond donors (Lipinski definition) is 1. The van der Waals surface area contributed by atoms with E-state index in [4.69, 9.17) is 4.84 Å². The maximum atomic E-state index is 5.13. The number of oxime groups is 1. The fraction of sp³-hybridized carbons (Fsp3) is 0.875. The molecule has 0 aromatic heterocycles. The fourth-order valence-electron chi connectivity index (χ4n) is 0.996. The summed E-state index contributed by atoms with van der Waals surface area (Å²) in [6.45, 7) is 5.98. The van der Waals surface area contributed by atoms with Crippen LogP contribution in [0.25, 0.3) is 0 Å². The molecule has 1 aliphatic heterocycles. The van der Waals surface area contributed by atoms with E-state index in [1.807, 2.05) is 13.8 Å². The Hall–Kier alpha value is -0.570. The molecule has 0 aromatic rings. The van der Waals surface area contributed by atoms with Crippen molar-refractivity contribution in [1.29, 1.82) is 0 Å². The van der Waals surface area contributed by atoms with Gasteiger partial charge >= 0.3 is 0 Å². The van der Waals surface area contributed by atoms with E-state index in [9.17, 15) is 0 Å². The summed E-state index contributed by atoms with van der Waals surface area (Å²) in [6, 6.07) is 0. The fourth-order valence-corrected chi connectivity index (χ4v) is 0.996. The van der Waals surface area contributed by atoms with Crippen molar-refractivity contribution in [3.63, 3.8) is 0 Å². The highest BCUT2D eigenvalue weighted by atomic mass is 16.6. The van der Waals surface area contributed by atoms with Gasteiger partial charge in [-0.2, -0.15) is 0 Å². The third kappa shape index (κ3) is 3.37. The molecular weight excluding hydrogens is 140 g/mol. The van der Waals surface area contributed by atoms with Gasteiger partial charge in [-0.3, -0.25) is 0 Å². The van der Waals surface area contributed by atoms with Gasteiger partial charge in [0.2, 0.25) is 0 Å². The number of nitrogens with one attached hydrogen (secondary N) is 1. The van der Waals surface area contributed by atoms with Gasteiger partial charge in [0, 0.05) is 6.54 Å². The second-order valence-electron chi connectivity index (χ2n) is 3.09. The summed E-state index contributed by atoms with van der Waals surface area (Å²) in [5.41, 5.74) is 1.14. The first-order chi connectivity index (χ1) is 5.29. The minimum Gasteiger partial charge on any atom is -0.393 e. The lowest BCUT2D eigenvalue weighted by molar-refractivity contribution is 0.0847. The van der Waals surface area contributed by atoms with Crippen molar-refractivity contribution in [2.75, 3.05) is 13.1 Å². The van der Waals surface area contributed by atoms with Crippen LogP contribution in [0.5, 0.6) is 0 Å². The van der Waals surface area contributed by atoms with Crippen molar-refractivity contribution in [3.8, 4) is 0 Å². The average Bonchev–Trinajstić information content (AvgIpc) is 2.03. The second kappa shape index (κ2) is 4.34. The summed E-state index contributed by atoms with van der Waals surface area (Å²) in [7, 11) is 0. The quantitative estimate of drug-likeness (QED) is 0.608. The minimum atomic E-state index is 0.199. The molecule has 1 heterocycles. The zero-order chi connectivity index (χ0) is 8.10. The Balaban J connectivity index is 2.26. The Kier molecular flexibility index (Phi) is 3.36. The summed E-state index contributed by atoms with van der Waals surface area (Å²) in [5.74, 6) is 0. The molecule has 0 unspecified atom stereocenters. The number of piperidine rings is 1. The van der Waals surface area contributed by atoms with E-state index in [0.29, 0.717) is 0 Å². The summed E-state index contributed by atoms with van der Waals surface area (Å²) in [6.07, 6.45) is 2.46. The van der Waals surface area contributed by atoms with Crippen molar-refractivity contribution in [2.24, 2.45) is 5.16 Å². The molecule has 0 atom stereocenters. The summed E-state index contributed by atoms with van der Waals surface area (Å²) >= 11 is 0. The molecule has 0 aliphatic carbocycles. The van der Waals surface area contributed by atoms with Gasteiger partial charge in [0.15, 0.2) is 0 Å². The van der Waals surface area contributed by atoms with Gasteiger partial charge in [-0.05, 0) is 33.2 Å². The highest BCUT2D eigenvalue weighted by molar-refractivity contribution is 5.86. The van der Waals surface area contributed by atoms with Crippen molar-refractivity contribution in [3.05, 3.63) is 0 Å². The molecule has 0 aromatic carbocycles. The molecule has 0 amide bonds. The van der Waals surface area contributed by atoms with Gasteiger partial charge in [-0.25, -0.2) is 0 Å². The van der Waals surface area contributed by atoms with Crippen LogP contribution >= 0.6 is 0 Å². The SMILES string of the molecule is CC(C)ON=C1CCCNC1. The molecule has 3 heteroatoms. The van der Waals surface area contributed by atoms with Crippen LogP contribution in [0.15, 0.2) is 5.16 Å². The van der Waals surface area contributed by atoms with Gasteiger partial charge in [0.1, 0.15) is 6.10 Å². The van der Waals surface area contributed by atoms with Crippen LogP contribution in [-0.2, 0) is 4.84 Å². The van der Waals surface area contributed by atoms with Crippen LogP contribution in [0, 0.1) is 0 Å². The Labute approximate surface area is 67.8 Å². The largest absolute Gasteiger partial charge is 0.393 e. The lowest BCUT2D eigenvalue weighted by Gasteiger charge is -2.14. The molecule has 1 aliphatic rings. The maximum Gasteiger partial charge on any atom is 0.122 e. The molecule has 0 bridgehead atoms. The standard InChI is InChI=1S/C8H16N2O/c1-7(2)11-10-8-4-3-5-9-6-8/h7,9H,3-6H2,1-2H3. The molecular formula is C8H16N2O. The maximum absolute atomic E-state index is 5.13. The van der Waals surface area contributed by atoms with Gasteiger partial charge in [0.05, 0.1) is 5.71 Å². The predicted molar refractivity (Wildman–Crippen MR) is 45.8 cm³/mol. The van der Waals surface area contributed by atoms with Crippen LogP contribution in [0.1, 0.15) is 26.7 Å². The highest BCUT2D eigenvalue weighted by Crippen LogP contribution is 1.99. The van der Waals surface area contributed by atoms with Crippen molar-refractivity contribution in [2.45, 2.75) is 32.8 Å². The molecule has 1 fully saturated rings. The molecule has 1 rings (SSSR count). The first-order valence-corrected chi connectivity index (χ1v) is 4.21. The molecule has 0 radical (unpaired) electrons. The van der Waals surface area contributed by atoms with Gasteiger partial charge < -0.3 is 10.2 Å². The van der Waals surface area contributed by atoms with E-state index in [0.717, 1.165) is 25.2 Å². The molecule has 1 saturated heterocycles. The van der Waals surface area contributed by atoms with Gasteiger partial charge in [-0.1, -0.05) is 5.16 Å². The second-order valence-corrected chi connectivity index (χ2v) is 3.09. The van der Waals surface area contributed by atoms with Crippen molar-refractivity contribution in [1.82, 2.24) is 5.32 Å². The smallest absolute Gasteiger partial charge is 0.122 e. The Morgan fingerprint density at radius 1 is 1.55 bits per heavy atom. The Morgan fingerprint density at radius 2 is 2.36 bits per heavy atom. The van der Waals surface area contributed by atoms with Crippen molar-refractivity contribution < 1.29 is 4.84 Å².